The fraction of sp³-hybridized carbons (Fsp3) is 0.700. The Balaban J connectivity index is 2.52. The lowest BCUT2D eigenvalue weighted by Crippen LogP contribution is -2.21. The lowest BCUT2D eigenvalue weighted by atomic mass is 9.92. The predicted octanol–water partition coefficient (Wildman–Crippen LogP) is 2.31. The van der Waals surface area contributed by atoms with E-state index in [9.17, 15) is 4.79 Å². The number of aromatic nitrogens is 2. The molecule has 1 heterocycles. The van der Waals surface area contributed by atoms with Crippen molar-refractivity contribution < 1.29 is 4.79 Å². The minimum Gasteiger partial charge on any atom is -0.353 e. The highest BCUT2D eigenvalue weighted by molar-refractivity contribution is 8.01. The summed E-state index contributed by atoms with van der Waals surface area (Å²) in [5.41, 5.74) is -0.276. The van der Waals surface area contributed by atoms with Crippen LogP contribution in [0.15, 0.2) is 4.34 Å². The van der Waals surface area contributed by atoms with Crippen LogP contribution < -0.4 is 4.90 Å². The van der Waals surface area contributed by atoms with E-state index < -0.39 is 0 Å². The Morgan fingerprint density at radius 1 is 1.38 bits per heavy atom. The van der Waals surface area contributed by atoms with Gasteiger partial charge in [-0.15, -0.1) is 10.2 Å². The van der Waals surface area contributed by atoms with Gasteiger partial charge in [0.15, 0.2) is 4.34 Å². The van der Waals surface area contributed by atoms with E-state index in [4.69, 9.17) is 0 Å². The van der Waals surface area contributed by atoms with Gasteiger partial charge in [0.2, 0.25) is 5.13 Å². The smallest absolute Gasteiger partial charge is 0.208 e. The maximum Gasteiger partial charge on any atom is 0.208 e. The summed E-state index contributed by atoms with van der Waals surface area (Å²) >= 11 is 2.97. The third-order valence-electron chi connectivity index (χ3n) is 1.94. The molecule has 0 aromatic carbocycles. The molecular weight excluding hydrogens is 242 g/mol. The van der Waals surface area contributed by atoms with Crippen LogP contribution in [0.5, 0.6) is 0 Å². The van der Waals surface area contributed by atoms with E-state index in [2.05, 4.69) is 10.2 Å². The molecule has 0 amide bonds. The molecule has 4 nitrogen and oxygen atoms in total. The number of Topliss-reactive ketones (excluding diaryl/α,β-unsaturated/α-hetero) is 1. The van der Waals surface area contributed by atoms with E-state index >= 15 is 0 Å². The molecule has 0 aliphatic rings. The second-order valence-electron chi connectivity index (χ2n) is 4.71. The molecule has 0 spiro atoms. The van der Waals surface area contributed by atoms with Gasteiger partial charge in [-0.25, -0.2) is 0 Å². The number of rotatable bonds is 4. The van der Waals surface area contributed by atoms with Crippen LogP contribution in [0.25, 0.3) is 0 Å². The van der Waals surface area contributed by atoms with E-state index in [-0.39, 0.29) is 11.2 Å². The van der Waals surface area contributed by atoms with Gasteiger partial charge in [0.25, 0.3) is 0 Å². The molecule has 6 heteroatoms. The van der Waals surface area contributed by atoms with E-state index in [1.165, 1.54) is 23.1 Å². The molecule has 1 aromatic rings. The SMILES string of the molecule is CN(C)c1nnc(SCC(=O)C(C)(C)C)s1. The fourth-order valence-electron chi connectivity index (χ4n) is 0.785. The Labute approximate surface area is 104 Å². The lowest BCUT2D eigenvalue weighted by Gasteiger charge is -2.15. The highest BCUT2D eigenvalue weighted by Crippen LogP contribution is 2.28. The van der Waals surface area contributed by atoms with Gasteiger partial charge in [-0.1, -0.05) is 43.9 Å². The number of hydrogen-bond donors (Lipinski definition) is 0. The number of thioether (sulfide) groups is 1. The van der Waals surface area contributed by atoms with Crippen molar-refractivity contribution in [2.24, 2.45) is 5.41 Å². The minimum absolute atomic E-state index is 0.235. The van der Waals surface area contributed by atoms with Crippen molar-refractivity contribution in [1.82, 2.24) is 10.2 Å². The quantitative estimate of drug-likeness (QED) is 0.777. The standard InChI is InChI=1S/C10H17N3OS2/c1-10(2,3)7(14)6-15-9-12-11-8(16-9)13(4)5/h6H2,1-5H3. The predicted molar refractivity (Wildman–Crippen MR) is 69.4 cm³/mol. The Kier molecular flexibility index (Phi) is 4.32. The topological polar surface area (TPSA) is 46.1 Å². The largest absolute Gasteiger partial charge is 0.353 e. The van der Waals surface area contributed by atoms with Gasteiger partial charge in [0.1, 0.15) is 5.78 Å². The van der Waals surface area contributed by atoms with Gasteiger partial charge in [-0.2, -0.15) is 0 Å². The van der Waals surface area contributed by atoms with Crippen LogP contribution in [-0.2, 0) is 4.79 Å². The third kappa shape index (κ3) is 3.75. The summed E-state index contributed by atoms with van der Waals surface area (Å²) in [5, 5.41) is 8.91. The molecule has 1 aromatic heterocycles. The summed E-state index contributed by atoms with van der Waals surface area (Å²) in [6.45, 7) is 5.80. The van der Waals surface area contributed by atoms with Crippen LogP contribution in [0.2, 0.25) is 0 Å². The number of ketones is 1. The van der Waals surface area contributed by atoms with E-state index in [0.717, 1.165) is 9.47 Å². The summed E-state index contributed by atoms with van der Waals surface area (Å²) in [7, 11) is 3.85. The molecule has 0 atom stereocenters. The second-order valence-corrected chi connectivity index (χ2v) is 6.89. The number of carbonyl (C=O) groups excluding carboxylic acids is 1. The molecule has 90 valence electrons. The van der Waals surface area contributed by atoms with Crippen LogP contribution in [0.1, 0.15) is 20.8 Å². The van der Waals surface area contributed by atoms with Crippen molar-refractivity contribution in [2.75, 3.05) is 24.7 Å². The summed E-state index contributed by atoms with van der Waals surface area (Å²) in [6.07, 6.45) is 0. The summed E-state index contributed by atoms with van der Waals surface area (Å²) in [5.74, 6) is 0.699. The zero-order valence-corrected chi connectivity index (χ0v) is 11.9. The Morgan fingerprint density at radius 2 is 2.00 bits per heavy atom. The maximum atomic E-state index is 11.7. The normalized spacial score (nSPS) is 11.6. The highest BCUT2D eigenvalue weighted by Gasteiger charge is 2.21. The van der Waals surface area contributed by atoms with Gasteiger partial charge >= 0.3 is 0 Å². The highest BCUT2D eigenvalue weighted by atomic mass is 32.2. The molecule has 16 heavy (non-hydrogen) atoms. The molecule has 1 rings (SSSR count). The molecule has 0 N–H and O–H groups in total. The Bertz CT molecular complexity index is 368. The van der Waals surface area contributed by atoms with Crippen molar-refractivity contribution >= 4 is 34.0 Å². The monoisotopic (exact) mass is 259 g/mol. The van der Waals surface area contributed by atoms with Crippen molar-refractivity contribution in [3.05, 3.63) is 0 Å². The maximum absolute atomic E-state index is 11.7. The average molecular weight is 259 g/mol. The molecule has 0 radical (unpaired) electrons. The Hall–Kier alpha value is -0.620. The Morgan fingerprint density at radius 3 is 2.44 bits per heavy atom. The third-order valence-corrected chi connectivity index (χ3v) is 4.17. The first-order chi connectivity index (χ1) is 7.30. The zero-order chi connectivity index (χ0) is 12.3. The van der Waals surface area contributed by atoms with E-state index in [1.807, 2.05) is 39.8 Å². The van der Waals surface area contributed by atoms with Crippen LogP contribution in [0.4, 0.5) is 5.13 Å². The zero-order valence-electron chi connectivity index (χ0n) is 10.3. The minimum atomic E-state index is -0.276. The van der Waals surface area contributed by atoms with Crippen LogP contribution >= 0.6 is 23.1 Å². The van der Waals surface area contributed by atoms with Crippen LogP contribution in [0, 0.1) is 5.41 Å². The molecule has 0 saturated heterocycles. The number of carbonyl (C=O) groups is 1. The number of anilines is 1. The van der Waals surface area contributed by atoms with E-state index in [1.54, 1.807) is 0 Å². The summed E-state index contributed by atoms with van der Waals surface area (Å²) < 4.78 is 0.848. The fourth-order valence-corrected chi connectivity index (χ4v) is 2.71. The molecule has 0 aliphatic carbocycles. The van der Waals surface area contributed by atoms with Gasteiger partial charge in [0.05, 0.1) is 5.75 Å². The van der Waals surface area contributed by atoms with Crippen molar-refractivity contribution in [1.29, 1.82) is 0 Å². The van der Waals surface area contributed by atoms with Gasteiger partial charge in [-0.3, -0.25) is 4.79 Å². The van der Waals surface area contributed by atoms with E-state index in [0.29, 0.717) is 5.75 Å². The van der Waals surface area contributed by atoms with Crippen LogP contribution in [0.3, 0.4) is 0 Å². The van der Waals surface area contributed by atoms with Gasteiger partial charge in [-0.05, 0) is 0 Å². The first kappa shape index (κ1) is 13.4. The van der Waals surface area contributed by atoms with Gasteiger partial charge < -0.3 is 4.90 Å². The second kappa shape index (κ2) is 5.14. The molecular formula is C10H17N3OS2. The lowest BCUT2D eigenvalue weighted by molar-refractivity contribution is -0.123. The average Bonchev–Trinajstić information content (AvgIpc) is 2.60. The van der Waals surface area contributed by atoms with Crippen molar-refractivity contribution in [3.63, 3.8) is 0 Å². The van der Waals surface area contributed by atoms with Crippen molar-refractivity contribution in [2.45, 2.75) is 25.1 Å². The summed E-state index contributed by atoms with van der Waals surface area (Å²) in [4.78, 5) is 13.6. The number of hydrogen-bond acceptors (Lipinski definition) is 6. The number of nitrogens with zero attached hydrogens (tertiary/aromatic N) is 3. The summed E-state index contributed by atoms with van der Waals surface area (Å²) in [6, 6.07) is 0. The molecule has 0 aliphatic heterocycles. The first-order valence-corrected chi connectivity index (χ1v) is 6.78. The van der Waals surface area contributed by atoms with Crippen LogP contribution in [-0.4, -0.2) is 35.8 Å². The van der Waals surface area contributed by atoms with Crippen molar-refractivity contribution in [3.8, 4) is 0 Å². The molecule has 0 unspecified atom stereocenters. The van der Waals surface area contributed by atoms with Gasteiger partial charge in [0, 0.05) is 19.5 Å². The first-order valence-electron chi connectivity index (χ1n) is 4.97. The molecule has 0 fully saturated rings. The molecule has 0 bridgehead atoms. The molecule has 0 saturated carbocycles.